The van der Waals surface area contributed by atoms with E-state index in [4.69, 9.17) is 14.2 Å². The second-order valence-electron chi connectivity index (χ2n) is 7.97. The zero-order chi connectivity index (χ0) is 24.2. The lowest BCUT2D eigenvalue weighted by atomic mass is 9.98. The third kappa shape index (κ3) is 4.41. The van der Waals surface area contributed by atoms with Crippen LogP contribution < -0.4 is 24.0 Å². The minimum atomic E-state index is -0.827. The summed E-state index contributed by atoms with van der Waals surface area (Å²) in [5.41, 5.74) is 2.95. The molecule has 1 saturated heterocycles. The number of rotatable bonds is 7. The second-order valence-corrected chi connectivity index (χ2v) is 7.97. The SMILES string of the molecule is CCOc1ccc(N2C(=O)CN(c3ccc(OC)cc3OC)C(=O)[C@@H]2c2ccc(C)cc2)cc1. The zero-order valence-corrected chi connectivity index (χ0v) is 19.8. The molecule has 1 aliphatic rings. The highest BCUT2D eigenvalue weighted by molar-refractivity contribution is 6.15. The molecule has 0 unspecified atom stereocenters. The molecule has 0 aliphatic carbocycles. The summed E-state index contributed by atoms with van der Waals surface area (Å²) in [6.07, 6.45) is 0. The molecule has 1 fully saturated rings. The van der Waals surface area contributed by atoms with Crippen LogP contribution in [-0.4, -0.2) is 39.2 Å². The van der Waals surface area contributed by atoms with Crippen molar-refractivity contribution in [3.05, 3.63) is 77.9 Å². The molecule has 3 aromatic carbocycles. The first-order chi connectivity index (χ1) is 16.5. The minimum Gasteiger partial charge on any atom is -0.497 e. The van der Waals surface area contributed by atoms with Gasteiger partial charge in [-0.3, -0.25) is 19.4 Å². The molecule has 2 amide bonds. The van der Waals surface area contributed by atoms with Crippen LogP contribution in [-0.2, 0) is 9.59 Å². The van der Waals surface area contributed by atoms with E-state index in [0.29, 0.717) is 35.2 Å². The van der Waals surface area contributed by atoms with E-state index in [1.807, 2.05) is 50.2 Å². The van der Waals surface area contributed by atoms with Gasteiger partial charge in [-0.05, 0) is 55.8 Å². The number of aryl methyl sites for hydroxylation is 1. The van der Waals surface area contributed by atoms with Crippen molar-refractivity contribution in [1.29, 1.82) is 0 Å². The molecule has 0 N–H and O–H groups in total. The average molecular weight is 461 g/mol. The lowest BCUT2D eigenvalue weighted by Crippen LogP contribution is -2.56. The predicted octanol–water partition coefficient (Wildman–Crippen LogP) is 4.53. The fraction of sp³-hybridized carbons (Fsp3) is 0.259. The van der Waals surface area contributed by atoms with Crippen molar-refractivity contribution >= 4 is 23.2 Å². The summed E-state index contributed by atoms with van der Waals surface area (Å²) < 4.78 is 16.3. The van der Waals surface area contributed by atoms with Gasteiger partial charge in [-0.2, -0.15) is 0 Å². The highest BCUT2D eigenvalue weighted by Crippen LogP contribution is 2.39. The Bertz CT molecular complexity index is 1170. The van der Waals surface area contributed by atoms with Gasteiger partial charge < -0.3 is 14.2 Å². The van der Waals surface area contributed by atoms with Gasteiger partial charge in [-0.25, -0.2) is 0 Å². The van der Waals surface area contributed by atoms with Gasteiger partial charge in [0.25, 0.3) is 5.91 Å². The largest absolute Gasteiger partial charge is 0.497 e. The molecule has 176 valence electrons. The van der Waals surface area contributed by atoms with Crippen molar-refractivity contribution < 1.29 is 23.8 Å². The molecule has 0 spiro atoms. The van der Waals surface area contributed by atoms with Crippen LogP contribution in [0, 0.1) is 6.92 Å². The molecule has 3 aromatic rings. The van der Waals surface area contributed by atoms with E-state index >= 15 is 0 Å². The number of methoxy groups -OCH3 is 2. The maximum absolute atomic E-state index is 14.0. The van der Waals surface area contributed by atoms with E-state index in [9.17, 15) is 9.59 Å². The molecule has 1 heterocycles. The number of ether oxygens (including phenoxy) is 3. The van der Waals surface area contributed by atoms with Gasteiger partial charge in [0.2, 0.25) is 5.91 Å². The Labute approximate surface area is 199 Å². The van der Waals surface area contributed by atoms with E-state index in [2.05, 4.69) is 0 Å². The van der Waals surface area contributed by atoms with Crippen molar-refractivity contribution in [2.24, 2.45) is 0 Å². The Morgan fingerprint density at radius 2 is 1.56 bits per heavy atom. The highest BCUT2D eigenvalue weighted by atomic mass is 16.5. The monoisotopic (exact) mass is 460 g/mol. The summed E-state index contributed by atoms with van der Waals surface area (Å²) >= 11 is 0. The van der Waals surface area contributed by atoms with Gasteiger partial charge in [0, 0.05) is 11.8 Å². The second kappa shape index (κ2) is 9.87. The summed E-state index contributed by atoms with van der Waals surface area (Å²) in [6, 6.07) is 19.2. The summed E-state index contributed by atoms with van der Waals surface area (Å²) in [5.74, 6) is 1.34. The van der Waals surface area contributed by atoms with Crippen molar-refractivity contribution in [3.63, 3.8) is 0 Å². The average Bonchev–Trinajstić information content (AvgIpc) is 2.86. The van der Waals surface area contributed by atoms with Crippen LogP contribution in [0.1, 0.15) is 24.1 Å². The molecular weight excluding hydrogens is 432 g/mol. The number of hydrogen-bond donors (Lipinski definition) is 0. The van der Waals surface area contributed by atoms with Gasteiger partial charge in [0.05, 0.1) is 26.5 Å². The van der Waals surface area contributed by atoms with E-state index in [1.54, 1.807) is 42.3 Å². The Morgan fingerprint density at radius 3 is 2.18 bits per heavy atom. The summed E-state index contributed by atoms with van der Waals surface area (Å²) in [4.78, 5) is 30.5. The van der Waals surface area contributed by atoms with Gasteiger partial charge >= 0.3 is 0 Å². The fourth-order valence-electron chi connectivity index (χ4n) is 4.11. The molecule has 0 aromatic heterocycles. The van der Waals surface area contributed by atoms with Gasteiger partial charge in [-0.15, -0.1) is 0 Å². The molecule has 7 heteroatoms. The minimum absolute atomic E-state index is 0.114. The standard InChI is InChI=1S/C27H28N2O5/c1-5-34-21-12-10-20(11-13-21)29-25(30)17-28(23-15-14-22(32-3)16-24(23)33-4)27(31)26(29)19-8-6-18(2)7-9-19/h6-16,26H,5,17H2,1-4H3/t26-/m0/s1. The van der Waals surface area contributed by atoms with E-state index in [-0.39, 0.29) is 18.4 Å². The Balaban J connectivity index is 1.79. The molecule has 7 nitrogen and oxygen atoms in total. The lowest BCUT2D eigenvalue weighted by Gasteiger charge is -2.40. The normalized spacial score (nSPS) is 15.9. The maximum Gasteiger partial charge on any atom is 0.255 e. The topological polar surface area (TPSA) is 68.3 Å². The van der Waals surface area contributed by atoms with Gasteiger partial charge in [-0.1, -0.05) is 29.8 Å². The zero-order valence-electron chi connectivity index (χ0n) is 19.8. The first kappa shape index (κ1) is 23.2. The molecule has 0 bridgehead atoms. The van der Waals surface area contributed by atoms with Crippen LogP contribution in [0.2, 0.25) is 0 Å². The molecular formula is C27H28N2O5. The van der Waals surface area contributed by atoms with Crippen LogP contribution in [0.5, 0.6) is 17.2 Å². The number of nitrogens with zero attached hydrogens (tertiary/aromatic N) is 2. The van der Waals surface area contributed by atoms with E-state index in [1.165, 1.54) is 12.0 Å². The summed E-state index contributed by atoms with van der Waals surface area (Å²) in [7, 11) is 3.09. The lowest BCUT2D eigenvalue weighted by molar-refractivity contribution is -0.128. The molecule has 34 heavy (non-hydrogen) atoms. The van der Waals surface area contributed by atoms with Gasteiger partial charge in [0.1, 0.15) is 29.8 Å². The number of piperazine rings is 1. The van der Waals surface area contributed by atoms with Crippen LogP contribution in [0.25, 0.3) is 0 Å². The third-order valence-electron chi connectivity index (χ3n) is 5.82. The number of amides is 2. The van der Waals surface area contributed by atoms with Crippen LogP contribution >= 0.6 is 0 Å². The van der Waals surface area contributed by atoms with Crippen molar-refractivity contribution in [3.8, 4) is 17.2 Å². The smallest absolute Gasteiger partial charge is 0.255 e. The molecule has 1 atom stereocenters. The molecule has 0 radical (unpaired) electrons. The van der Waals surface area contributed by atoms with Crippen LogP contribution in [0.15, 0.2) is 66.7 Å². The van der Waals surface area contributed by atoms with Crippen molar-refractivity contribution in [1.82, 2.24) is 0 Å². The first-order valence-electron chi connectivity index (χ1n) is 11.1. The molecule has 4 rings (SSSR count). The fourth-order valence-corrected chi connectivity index (χ4v) is 4.11. The number of carbonyl (C=O) groups excluding carboxylic acids is 2. The third-order valence-corrected chi connectivity index (χ3v) is 5.82. The van der Waals surface area contributed by atoms with Crippen molar-refractivity contribution in [2.45, 2.75) is 19.9 Å². The Kier molecular flexibility index (Phi) is 6.72. The molecule has 1 aliphatic heterocycles. The van der Waals surface area contributed by atoms with Crippen LogP contribution in [0.3, 0.4) is 0 Å². The van der Waals surface area contributed by atoms with Crippen molar-refractivity contribution in [2.75, 3.05) is 37.2 Å². The number of carbonyl (C=O) groups is 2. The Morgan fingerprint density at radius 1 is 0.882 bits per heavy atom. The number of benzene rings is 3. The van der Waals surface area contributed by atoms with Gasteiger partial charge in [0.15, 0.2) is 0 Å². The number of hydrogen-bond acceptors (Lipinski definition) is 5. The predicted molar refractivity (Wildman–Crippen MR) is 131 cm³/mol. The van der Waals surface area contributed by atoms with E-state index in [0.717, 1.165) is 11.1 Å². The first-order valence-corrected chi connectivity index (χ1v) is 11.1. The summed E-state index contributed by atoms with van der Waals surface area (Å²) in [5, 5.41) is 0. The highest BCUT2D eigenvalue weighted by Gasteiger charge is 2.42. The molecule has 0 saturated carbocycles. The maximum atomic E-state index is 14.0. The van der Waals surface area contributed by atoms with E-state index < -0.39 is 6.04 Å². The summed E-state index contributed by atoms with van der Waals surface area (Å²) in [6.45, 7) is 4.33. The Hall–Kier alpha value is -4.00. The van der Waals surface area contributed by atoms with Crippen LogP contribution in [0.4, 0.5) is 11.4 Å². The number of anilines is 2. The quantitative estimate of drug-likeness (QED) is 0.518.